The fraction of sp³-hybridized carbons (Fsp3) is 0. The van der Waals surface area contributed by atoms with E-state index in [2.05, 4.69) is 10.1 Å². The largest absolute Gasteiger partial charge is 0.478 e. The van der Waals surface area contributed by atoms with Crippen molar-refractivity contribution < 1.29 is 14.8 Å². The van der Waals surface area contributed by atoms with Gasteiger partial charge in [0.2, 0.25) is 5.95 Å². The first-order valence-electron chi connectivity index (χ1n) is 4.02. The van der Waals surface area contributed by atoms with Gasteiger partial charge in [-0.15, -0.1) is 5.10 Å². The van der Waals surface area contributed by atoms with Crippen LogP contribution in [0.3, 0.4) is 0 Å². The van der Waals surface area contributed by atoms with Crippen LogP contribution in [0, 0.1) is 10.1 Å². The molecule has 9 nitrogen and oxygen atoms in total. The maximum absolute atomic E-state index is 10.9. The summed E-state index contributed by atoms with van der Waals surface area (Å²) in [7, 11) is 0. The third kappa shape index (κ3) is 1.39. The zero-order valence-electron chi connectivity index (χ0n) is 7.69. The van der Waals surface area contributed by atoms with Gasteiger partial charge in [-0.3, -0.25) is 10.1 Å². The fourth-order valence-electron chi connectivity index (χ4n) is 1.25. The zero-order valence-corrected chi connectivity index (χ0v) is 7.69. The molecule has 3 N–H and O–H groups in total. The Morgan fingerprint density at radius 2 is 2.31 bits per heavy atom. The number of fused-ring (bicyclic) bond motifs is 1. The highest BCUT2D eigenvalue weighted by Gasteiger charge is 2.18. The number of nitrogens with zero attached hydrogens (tertiary/aromatic N) is 4. The molecule has 0 unspecified atom stereocenters. The lowest BCUT2D eigenvalue weighted by atomic mass is 10.2. The van der Waals surface area contributed by atoms with Crippen LogP contribution in [0.2, 0.25) is 0 Å². The molecule has 9 heteroatoms. The molecule has 2 aromatic rings. The lowest BCUT2D eigenvalue weighted by Crippen LogP contribution is -2.03. The normalized spacial score (nSPS) is 10.5. The molecule has 16 heavy (non-hydrogen) atoms. The van der Waals surface area contributed by atoms with Crippen LogP contribution in [0.25, 0.3) is 5.65 Å². The minimum absolute atomic E-state index is 0.0319. The van der Waals surface area contributed by atoms with Gasteiger partial charge in [0.15, 0.2) is 5.65 Å². The summed E-state index contributed by atoms with van der Waals surface area (Å²) < 4.78 is 0.969. The highest BCUT2D eigenvalue weighted by Crippen LogP contribution is 2.18. The molecule has 0 fully saturated rings. The smallest absolute Gasteiger partial charge is 0.339 e. The van der Waals surface area contributed by atoms with Crippen LogP contribution in [-0.4, -0.2) is 30.6 Å². The molecular formula is C7H5N5O4. The Kier molecular flexibility index (Phi) is 1.94. The molecule has 0 aliphatic carbocycles. The van der Waals surface area contributed by atoms with E-state index in [9.17, 15) is 14.9 Å². The molecule has 0 saturated carbocycles. The molecule has 0 bridgehead atoms. The number of pyridine rings is 1. The fourth-order valence-corrected chi connectivity index (χ4v) is 1.25. The van der Waals surface area contributed by atoms with E-state index >= 15 is 0 Å². The van der Waals surface area contributed by atoms with E-state index in [0.717, 1.165) is 16.8 Å². The van der Waals surface area contributed by atoms with Crippen LogP contribution in [0.4, 0.5) is 11.6 Å². The predicted molar refractivity (Wildman–Crippen MR) is 51.0 cm³/mol. The van der Waals surface area contributed by atoms with Crippen LogP contribution in [0.1, 0.15) is 10.4 Å². The van der Waals surface area contributed by atoms with E-state index in [0.29, 0.717) is 0 Å². The van der Waals surface area contributed by atoms with Gasteiger partial charge in [-0.1, -0.05) is 0 Å². The van der Waals surface area contributed by atoms with Gasteiger partial charge in [0.25, 0.3) is 5.69 Å². The molecule has 0 amide bonds. The van der Waals surface area contributed by atoms with E-state index in [-0.39, 0.29) is 17.2 Å². The van der Waals surface area contributed by atoms with Crippen molar-refractivity contribution in [3.8, 4) is 0 Å². The Morgan fingerprint density at radius 3 is 2.88 bits per heavy atom. The topological polar surface area (TPSA) is 137 Å². The summed E-state index contributed by atoms with van der Waals surface area (Å²) in [6, 6.07) is 0.909. The first-order chi connectivity index (χ1) is 7.49. The quantitative estimate of drug-likeness (QED) is 0.536. The van der Waals surface area contributed by atoms with Gasteiger partial charge >= 0.3 is 5.97 Å². The summed E-state index contributed by atoms with van der Waals surface area (Å²) >= 11 is 0. The number of aromatic carboxylic acids is 1. The molecule has 2 rings (SSSR count). The number of nitrogens with two attached hydrogens (primary N) is 1. The summed E-state index contributed by atoms with van der Waals surface area (Å²) in [6.07, 6.45) is 1.05. The minimum atomic E-state index is -1.33. The van der Waals surface area contributed by atoms with E-state index in [1.54, 1.807) is 0 Å². The summed E-state index contributed by atoms with van der Waals surface area (Å²) in [5.41, 5.74) is 4.53. The second-order valence-electron chi connectivity index (χ2n) is 2.91. The minimum Gasteiger partial charge on any atom is -0.478 e. The Bertz CT molecular complexity index is 604. The van der Waals surface area contributed by atoms with Crippen molar-refractivity contribution in [2.24, 2.45) is 0 Å². The van der Waals surface area contributed by atoms with E-state index in [1.807, 2.05) is 0 Å². The Balaban J connectivity index is 2.83. The number of carboxylic acid groups (broad SMARTS) is 1. The third-order valence-electron chi connectivity index (χ3n) is 1.88. The van der Waals surface area contributed by atoms with Crippen LogP contribution < -0.4 is 5.73 Å². The van der Waals surface area contributed by atoms with Gasteiger partial charge < -0.3 is 10.8 Å². The van der Waals surface area contributed by atoms with Crippen molar-refractivity contribution in [3.05, 3.63) is 27.9 Å². The maximum Gasteiger partial charge on any atom is 0.339 e. The Hall–Kier alpha value is -2.71. The van der Waals surface area contributed by atoms with Gasteiger partial charge in [-0.2, -0.15) is 4.98 Å². The van der Waals surface area contributed by atoms with Crippen molar-refractivity contribution in [3.63, 3.8) is 0 Å². The number of rotatable bonds is 2. The summed E-state index contributed by atoms with van der Waals surface area (Å²) in [6.45, 7) is 0. The highest BCUT2D eigenvalue weighted by molar-refractivity contribution is 5.95. The standard InChI is InChI=1S/C7H5N5O4/c8-7-9-5-4(6(13)14)1-3(12(15)16)2-11(5)10-7/h1-2H,(H2,8,10)(H,13,14). The van der Waals surface area contributed by atoms with Crippen molar-refractivity contribution in [2.45, 2.75) is 0 Å². The third-order valence-corrected chi connectivity index (χ3v) is 1.88. The molecular weight excluding hydrogens is 218 g/mol. The van der Waals surface area contributed by atoms with Gasteiger partial charge in [-0.05, 0) is 0 Å². The van der Waals surface area contributed by atoms with Crippen LogP contribution in [-0.2, 0) is 0 Å². The number of hydrogen-bond donors (Lipinski definition) is 2. The molecule has 2 aromatic heterocycles. The van der Waals surface area contributed by atoms with E-state index in [4.69, 9.17) is 10.8 Å². The number of aromatic nitrogens is 3. The molecule has 0 aliphatic rings. The average Bonchev–Trinajstić information content (AvgIpc) is 2.55. The lowest BCUT2D eigenvalue weighted by molar-refractivity contribution is -0.385. The van der Waals surface area contributed by atoms with Crippen molar-refractivity contribution >= 4 is 23.3 Å². The summed E-state index contributed by atoms with van der Waals surface area (Å²) in [5, 5.41) is 23.0. The second-order valence-corrected chi connectivity index (χ2v) is 2.91. The van der Waals surface area contributed by atoms with Gasteiger partial charge in [0.05, 0.1) is 4.92 Å². The van der Waals surface area contributed by atoms with Crippen molar-refractivity contribution in [1.82, 2.24) is 14.6 Å². The molecule has 2 heterocycles. The first kappa shape index (κ1) is 9.83. The van der Waals surface area contributed by atoms with Gasteiger partial charge in [0.1, 0.15) is 11.8 Å². The summed E-state index contributed by atoms with van der Waals surface area (Å²) in [5.74, 6) is -1.48. The van der Waals surface area contributed by atoms with E-state index < -0.39 is 16.6 Å². The number of nitro groups is 1. The van der Waals surface area contributed by atoms with Gasteiger partial charge in [-0.25, -0.2) is 9.31 Å². The monoisotopic (exact) mass is 223 g/mol. The van der Waals surface area contributed by atoms with Crippen molar-refractivity contribution in [1.29, 1.82) is 0 Å². The molecule has 0 atom stereocenters. The number of carboxylic acids is 1. The molecule has 0 aromatic carbocycles. The molecule has 0 saturated heterocycles. The van der Waals surface area contributed by atoms with Crippen molar-refractivity contribution in [2.75, 3.05) is 5.73 Å². The maximum atomic E-state index is 10.9. The SMILES string of the molecule is Nc1nc2c(C(=O)O)cc([N+](=O)[O-])cn2n1. The number of hydrogen-bond acceptors (Lipinski definition) is 6. The van der Waals surface area contributed by atoms with Crippen LogP contribution in [0.5, 0.6) is 0 Å². The molecule has 0 spiro atoms. The number of nitrogen functional groups attached to an aromatic ring is 1. The first-order valence-corrected chi connectivity index (χ1v) is 4.02. The number of carbonyl (C=O) groups is 1. The Morgan fingerprint density at radius 1 is 1.62 bits per heavy atom. The lowest BCUT2D eigenvalue weighted by Gasteiger charge is -1.97. The van der Waals surface area contributed by atoms with Gasteiger partial charge in [0, 0.05) is 6.07 Å². The van der Waals surface area contributed by atoms with E-state index in [1.165, 1.54) is 0 Å². The number of anilines is 1. The average molecular weight is 223 g/mol. The highest BCUT2D eigenvalue weighted by atomic mass is 16.6. The predicted octanol–water partition coefficient (Wildman–Crippen LogP) is -0.0821. The second kappa shape index (κ2) is 3.15. The summed E-state index contributed by atoms with van der Waals surface area (Å²) in [4.78, 5) is 24.3. The molecule has 0 radical (unpaired) electrons. The van der Waals surface area contributed by atoms with Crippen LogP contribution in [0.15, 0.2) is 12.3 Å². The van der Waals surface area contributed by atoms with Crippen LogP contribution >= 0.6 is 0 Å². The molecule has 0 aliphatic heterocycles. The Labute approximate surface area is 87.3 Å². The zero-order chi connectivity index (χ0) is 11.9. The molecule has 82 valence electrons.